The van der Waals surface area contributed by atoms with E-state index in [1.807, 2.05) is 6.07 Å². The van der Waals surface area contributed by atoms with Crippen LogP contribution in [0.1, 0.15) is 23.7 Å². The molecule has 0 amide bonds. The first kappa shape index (κ1) is 11.1. The third-order valence-corrected chi connectivity index (χ3v) is 2.53. The summed E-state index contributed by atoms with van der Waals surface area (Å²) in [6.45, 7) is 1.18. The fourth-order valence-electron chi connectivity index (χ4n) is 1.64. The Bertz CT molecular complexity index is 376. The van der Waals surface area contributed by atoms with Gasteiger partial charge in [-0.15, -0.1) is 0 Å². The fourth-order valence-corrected chi connectivity index (χ4v) is 1.64. The van der Waals surface area contributed by atoms with E-state index in [2.05, 4.69) is 0 Å². The van der Waals surface area contributed by atoms with E-state index in [0.717, 1.165) is 5.56 Å². The zero-order valence-corrected chi connectivity index (χ0v) is 8.80. The number of nitriles is 1. The minimum Gasteiger partial charge on any atom is -0.388 e. The summed E-state index contributed by atoms with van der Waals surface area (Å²) in [5.74, 6) is 0. The van der Waals surface area contributed by atoms with Crippen LogP contribution < -0.4 is 0 Å². The summed E-state index contributed by atoms with van der Waals surface area (Å²) in [5, 5.41) is 18.5. The van der Waals surface area contributed by atoms with E-state index in [0.29, 0.717) is 25.2 Å². The van der Waals surface area contributed by atoms with E-state index >= 15 is 0 Å². The SMILES string of the molecule is N#Cc1ccc(C(O)CC2OCCO2)cc1. The third-order valence-electron chi connectivity index (χ3n) is 2.53. The summed E-state index contributed by atoms with van der Waals surface area (Å²) in [6.07, 6.45) is -0.507. The highest BCUT2D eigenvalue weighted by Crippen LogP contribution is 2.22. The van der Waals surface area contributed by atoms with Crippen molar-refractivity contribution in [1.29, 1.82) is 5.26 Å². The number of hydrogen-bond donors (Lipinski definition) is 1. The Morgan fingerprint density at radius 3 is 2.50 bits per heavy atom. The van der Waals surface area contributed by atoms with Gasteiger partial charge in [0.15, 0.2) is 6.29 Å². The molecular weight excluding hydrogens is 206 g/mol. The van der Waals surface area contributed by atoms with E-state index in [1.165, 1.54) is 0 Å². The largest absolute Gasteiger partial charge is 0.388 e. The van der Waals surface area contributed by atoms with E-state index in [1.54, 1.807) is 24.3 Å². The second-order valence-corrected chi connectivity index (χ2v) is 3.66. The van der Waals surface area contributed by atoms with E-state index in [9.17, 15) is 5.11 Å². The molecular formula is C12H13NO3. The normalized spacial score (nSPS) is 18.2. The van der Waals surface area contributed by atoms with Crippen LogP contribution in [0.4, 0.5) is 0 Å². The first-order chi connectivity index (χ1) is 7.79. The molecule has 0 saturated carbocycles. The van der Waals surface area contributed by atoms with Crippen LogP contribution in [0.25, 0.3) is 0 Å². The van der Waals surface area contributed by atoms with Gasteiger partial charge in [-0.2, -0.15) is 5.26 Å². The molecule has 1 aliphatic heterocycles. The molecule has 4 heteroatoms. The van der Waals surface area contributed by atoms with Gasteiger partial charge in [-0.3, -0.25) is 0 Å². The number of nitrogens with zero attached hydrogens (tertiary/aromatic N) is 1. The van der Waals surface area contributed by atoms with Crippen molar-refractivity contribution in [2.45, 2.75) is 18.8 Å². The van der Waals surface area contributed by atoms with Crippen LogP contribution in [0.5, 0.6) is 0 Å². The molecule has 1 heterocycles. The van der Waals surface area contributed by atoms with Crippen LogP contribution >= 0.6 is 0 Å². The lowest BCUT2D eigenvalue weighted by molar-refractivity contribution is -0.0707. The molecule has 2 rings (SSSR count). The van der Waals surface area contributed by atoms with Crippen molar-refractivity contribution in [3.63, 3.8) is 0 Å². The Morgan fingerprint density at radius 2 is 1.94 bits per heavy atom. The molecule has 1 aromatic carbocycles. The van der Waals surface area contributed by atoms with Crippen LogP contribution in [0.15, 0.2) is 24.3 Å². The number of rotatable bonds is 3. The molecule has 0 radical (unpaired) electrons. The highest BCUT2D eigenvalue weighted by molar-refractivity contribution is 5.32. The van der Waals surface area contributed by atoms with Crippen LogP contribution in [0, 0.1) is 11.3 Å². The average molecular weight is 219 g/mol. The van der Waals surface area contributed by atoms with Gasteiger partial charge in [0, 0.05) is 6.42 Å². The van der Waals surface area contributed by atoms with E-state index in [4.69, 9.17) is 14.7 Å². The van der Waals surface area contributed by atoms with E-state index < -0.39 is 6.10 Å². The summed E-state index contributed by atoms with van der Waals surface area (Å²) in [5.41, 5.74) is 1.36. The van der Waals surface area contributed by atoms with Gasteiger partial charge in [0.25, 0.3) is 0 Å². The second kappa shape index (κ2) is 5.08. The summed E-state index contributed by atoms with van der Waals surface area (Å²) < 4.78 is 10.5. The standard InChI is InChI=1S/C12H13NO3/c13-8-9-1-3-10(4-2-9)11(14)7-12-15-5-6-16-12/h1-4,11-12,14H,5-7H2. The van der Waals surface area contributed by atoms with Crippen LogP contribution in [-0.4, -0.2) is 24.6 Å². The molecule has 4 nitrogen and oxygen atoms in total. The van der Waals surface area contributed by atoms with Crippen LogP contribution in [-0.2, 0) is 9.47 Å². The Hall–Kier alpha value is -1.41. The number of hydrogen-bond acceptors (Lipinski definition) is 4. The minimum atomic E-state index is -0.615. The quantitative estimate of drug-likeness (QED) is 0.833. The zero-order chi connectivity index (χ0) is 11.4. The van der Waals surface area contributed by atoms with Crippen LogP contribution in [0.2, 0.25) is 0 Å². The Morgan fingerprint density at radius 1 is 1.31 bits per heavy atom. The maximum Gasteiger partial charge on any atom is 0.160 e. The molecule has 84 valence electrons. The predicted molar refractivity (Wildman–Crippen MR) is 56.4 cm³/mol. The van der Waals surface area contributed by atoms with Gasteiger partial charge >= 0.3 is 0 Å². The number of benzene rings is 1. The Balaban J connectivity index is 1.97. The van der Waals surface area contributed by atoms with Crippen LogP contribution in [0.3, 0.4) is 0 Å². The van der Waals surface area contributed by atoms with Crippen molar-refractivity contribution in [1.82, 2.24) is 0 Å². The molecule has 0 aromatic heterocycles. The van der Waals surface area contributed by atoms with Crippen molar-refractivity contribution < 1.29 is 14.6 Å². The van der Waals surface area contributed by atoms with Crippen molar-refractivity contribution >= 4 is 0 Å². The third kappa shape index (κ3) is 2.58. The van der Waals surface area contributed by atoms with Gasteiger partial charge in [0.2, 0.25) is 0 Å². The van der Waals surface area contributed by atoms with Gasteiger partial charge in [-0.05, 0) is 17.7 Å². The lowest BCUT2D eigenvalue weighted by Crippen LogP contribution is -2.13. The monoisotopic (exact) mass is 219 g/mol. The first-order valence-corrected chi connectivity index (χ1v) is 5.21. The lowest BCUT2D eigenvalue weighted by atomic mass is 10.0. The second-order valence-electron chi connectivity index (χ2n) is 3.66. The molecule has 0 bridgehead atoms. The zero-order valence-electron chi connectivity index (χ0n) is 8.80. The van der Waals surface area contributed by atoms with Crippen molar-refractivity contribution in [2.75, 3.05) is 13.2 Å². The van der Waals surface area contributed by atoms with Gasteiger partial charge in [0.05, 0.1) is 31.0 Å². The summed E-state index contributed by atoms with van der Waals surface area (Å²) in [6, 6.07) is 8.91. The molecule has 1 aliphatic rings. The predicted octanol–water partition coefficient (Wildman–Crippen LogP) is 1.35. The van der Waals surface area contributed by atoms with Crippen molar-refractivity contribution in [2.24, 2.45) is 0 Å². The van der Waals surface area contributed by atoms with Gasteiger partial charge < -0.3 is 14.6 Å². The van der Waals surface area contributed by atoms with Gasteiger partial charge in [-0.25, -0.2) is 0 Å². The maximum atomic E-state index is 9.90. The van der Waals surface area contributed by atoms with Crippen molar-refractivity contribution in [3.05, 3.63) is 35.4 Å². The number of aliphatic hydroxyl groups is 1. The summed E-state index contributed by atoms with van der Waals surface area (Å²) in [7, 11) is 0. The first-order valence-electron chi connectivity index (χ1n) is 5.21. The van der Waals surface area contributed by atoms with Gasteiger partial charge in [0.1, 0.15) is 0 Å². The van der Waals surface area contributed by atoms with E-state index in [-0.39, 0.29) is 6.29 Å². The molecule has 1 saturated heterocycles. The topological polar surface area (TPSA) is 62.5 Å². The molecule has 0 aliphatic carbocycles. The fraction of sp³-hybridized carbons (Fsp3) is 0.417. The molecule has 1 aromatic rings. The number of aliphatic hydroxyl groups excluding tert-OH is 1. The minimum absolute atomic E-state index is 0.314. The van der Waals surface area contributed by atoms with Gasteiger partial charge in [-0.1, -0.05) is 12.1 Å². The smallest absolute Gasteiger partial charge is 0.160 e. The highest BCUT2D eigenvalue weighted by Gasteiger charge is 2.20. The molecule has 1 unspecified atom stereocenters. The molecule has 1 N–H and O–H groups in total. The van der Waals surface area contributed by atoms with Crippen molar-refractivity contribution in [3.8, 4) is 6.07 Å². The molecule has 0 spiro atoms. The molecule has 16 heavy (non-hydrogen) atoms. The average Bonchev–Trinajstić information content (AvgIpc) is 2.82. The Kier molecular flexibility index (Phi) is 3.52. The summed E-state index contributed by atoms with van der Waals surface area (Å²) in [4.78, 5) is 0. The molecule has 1 atom stereocenters. The highest BCUT2D eigenvalue weighted by atomic mass is 16.7. The summed E-state index contributed by atoms with van der Waals surface area (Å²) >= 11 is 0. The Labute approximate surface area is 94.0 Å². The number of ether oxygens (including phenoxy) is 2. The maximum absolute atomic E-state index is 9.90. The lowest BCUT2D eigenvalue weighted by Gasteiger charge is -2.14. The molecule has 1 fully saturated rings.